The Hall–Kier alpha value is -2.37. The predicted molar refractivity (Wildman–Crippen MR) is 78.1 cm³/mol. The number of hydrogen-bond donors (Lipinski definition) is 0. The molecule has 1 fully saturated rings. The van der Waals surface area contributed by atoms with Crippen LogP contribution in [0.5, 0.6) is 0 Å². The highest BCUT2D eigenvalue weighted by Crippen LogP contribution is 2.20. The lowest BCUT2D eigenvalue weighted by molar-refractivity contribution is 0.0677. The van der Waals surface area contributed by atoms with Gasteiger partial charge < -0.3 is 14.2 Å². The number of piperidine rings is 1. The minimum Gasteiger partial charge on any atom is -0.459 e. The van der Waals surface area contributed by atoms with Gasteiger partial charge in [0.05, 0.1) is 6.26 Å². The van der Waals surface area contributed by atoms with Crippen LogP contribution in [-0.4, -0.2) is 47.0 Å². The summed E-state index contributed by atoms with van der Waals surface area (Å²) >= 11 is 0. The van der Waals surface area contributed by atoms with Gasteiger partial charge in [-0.15, -0.1) is 0 Å². The Morgan fingerprint density at radius 2 is 2.00 bits per heavy atom. The molecule has 1 saturated heterocycles. The number of carbonyl (C=O) groups is 1. The molecule has 6 nitrogen and oxygen atoms in total. The van der Waals surface area contributed by atoms with Crippen LogP contribution in [0.2, 0.25) is 0 Å². The number of anilines is 1. The normalized spacial score (nSPS) is 16.0. The Kier molecular flexibility index (Phi) is 3.85. The topological polar surface area (TPSA) is 62.5 Å². The summed E-state index contributed by atoms with van der Waals surface area (Å²) in [5.41, 5.74) is 0. The molecule has 0 aliphatic carbocycles. The molecule has 1 amide bonds. The fraction of sp³-hybridized carbons (Fsp3) is 0.400. The second-order valence-corrected chi connectivity index (χ2v) is 5.16. The Balaban J connectivity index is 1.59. The third-order valence-corrected chi connectivity index (χ3v) is 3.90. The summed E-state index contributed by atoms with van der Waals surface area (Å²) in [5.74, 6) is 1.09. The molecule has 0 radical (unpaired) electrons. The van der Waals surface area contributed by atoms with Crippen molar-refractivity contribution in [2.75, 3.05) is 25.0 Å². The zero-order valence-corrected chi connectivity index (χ0v) is 12.0. The van der Waals surface area contributed by atoms with E-state index >= 15 is 0 Å². The first-order chi connectivity index (χ1) is 10.3. The molecule has 1 aliphatic heterocycles. The van der Waals surface area contributed by atoms with Gasteiger partial charge in [0.2, 0.25) is 5.95 Å². The van der Waals surface area contributed by atoms with Gasteiger partial charge in [-0.2, -0.15) is 0 Å². The zero-order chi connectivity index (χ0) is 14.7. The first-order valence-corrected chi connectivity index (χ1v) is 7.08. The third-order valence-electron chi connectivity index (χ3n) is 3.90. The largest absolute Gasteiger partial charge is 0.459 e. The van der Waals surface area contributed by atoms with E-state index in [0.29, 0.717) is 5.76 Å². The number of aromatic nitrogens is 2. The van der Waals surface area contributed by atoms with E-state index in [1.54, 1.807) is 29.4 Å². The fourth-order valence-electron chi connectivity index (χ4n) is 2.65. The molecule has 0 aromatic carbocycles. The molecule has 3 heterocycles. The van der Waals surface area contributed by atoms with Crippen molar-refractivity contribution in [3.05, 3.63) is 42.6 Å². The number of hydrogen-bond acceptors (Lipinski definition) is 5. The van der Waals surface area contributed by atoms with Gasteiger partial charge in [0.25, 0.3) is 5.91 Å². The van der Waals surface area contributed by atoms with E-state index in [0.717, 1.165) is 31.9 Å². The van der Waals surface area contributed by atoms with Crippen LogP contribution in [0.3, 0.4) is 0 Å². The van der Waals surface area contributed by atoms with Crippen molar-refractivity contribution in [3.63, 3.8) is 0 Å². The highest BCUT2D eigenvalue weighted by Gasteiger charge is 2.27. The van der Waals surface area contributed by atoms with E-state index < -0.39 is 0 Å². The van der Waals surface area contributed by atoms with Gasteiger partial charge >= 0.3 is 0 Å². The Labute approximate surface area is 123 Å². The van der Waals surface area contributed by atoms with Gasteiger partial charge in [-0.05, 0) is 31.0 Å². The Morgan fingerprint density at radius 3 is 2.62 bits per heavy atom. The van der Waals surface area contributed by atoms with Crippen LogP contribution in [-0.2, 0) is 0 Å². The van der Waals surface area contributed by atoms with Crippen LogP contribution >= 0.6 is 0 Å². The van der Waals surface area contributed by atoms with Crippen LogP contribution in [0.4, 0.5) is 5.95 Å². The van der Waals surface area contributed by atoms with Crippen molar-refractivity contribution >= 4 is 11.9 Å². The van der Waals surface area contributed by atoms with E-state index in [1.165, 1.54) is 6.26 Å². The lowest BCUT2D eigenvalue weighted by atomic mass is 10.0. The van der Waals surface area contributed by atoms with Crippen LogP contribution in [0, 0.1) is 0 Å². The average molecular weight is 286 g/mol. The van der Waals surface area contributed by atoms with Gasteiger partial charge in [-0.25, -0.2) is 9.97 Å². The molecule has 0 N–H and O–H groups in total. The lowest BCUT2D eigenvalue weighted by Crippen LogP contribution is -2.46. The molecule has 2 aromatic rings. The van der Waals surface area contributed by atoms with E-state index in [4.69, 9.17) is 4.42 Å². The second-order valence-electron chi connectivity index (χ2n) is 5.16. The SMILES string of the molecule is CN(C(=O)c1ccco1)C1CCN(c2ncccn2)CC1. The first kappa shape index (κ1) is 13.6. The van der Waals surface area contributed by atoms with Gasteiger partial charge in [0.1, 0.15) is 0 Å². The number of furan rings is 1. The summed E-state index contributed by atoms with van der Waals surface area (Å²) in [6.07, 6.45) is 6.83. The number of amides is 1. The summed E-state index contributed by atoms with van der Waals surface area (Å²) < 4.78 is 5.18. The van der Waals surface area contributed by atoms with Crippen molar-refractivity contribution in [2.45, 2.75) is 18.9 Å². The first-order valence-electron chi connectivity index (χ1n) is 7.08. The van der Waals surface area contributed by atoms with Crippen molar-refractivity contribution in [1.29, 1.82) is 0 Å². The second kappa shape index (κ2) is 5.95. The van der Waals surface area contributed by atoms with Crippen molar-refractivity contribution in [1.82, 2.24) is 14.9 Å². The van der Waals surface area contributed by atoms with E-state index in [-0.39, 0.29) is 11.9 Å². The van der Waals surface area contributed by atoms with Crippen LogP contribution in [0.15, 0.2) is 41.3 Å². The Bertz CT molecular complexity index is 577. The van der Waals surface area contributed by atoms with E-state index in [1.807, 2.05) is 13.1 Å². The van der Waals surface area contributed by atoms with Crippen molar-refractivity contribution in [2.24, 2.45) is 0 Å². The average Bonchev–Trinajstić information content (AvgIpc) is 3.09. The molecule has 3 rings (SSSR count). The third kappa shape index (κ3) is 2.89. The molecule has 0 unspecified atom stereocenters. The quantitative estimate of drug-likeness (QED) is 0.861. The molecule has 0 saturated carbocycles. The maximum Gasteiger partial charge on any atom is 0.289 e. The van der Waals surface area contributed by atoms with E-state index in [9.17, 15) is 4.79 Å². The number of nitrogens with zero attached hydrogens (tertiary/aromatic N) is 4. The number of carbonyl (C=O) groups excluding carboxylic acids is 1. The predicted octanol–water partition coefficient (Wildman–Crippen LogP) is 1.81. The van der Waals surface area contributed by atoms with Gasteiger partial charge in [0, 0.05) is 38.6 Å². The molecule has 6 heteroatoms. The van der Waals surface area contributed by atoms with Crippen LogP contribution in [0.25, 0.3) is 0 Å². The molecule has 2 aromatic heterocycles. The molecule has 0 atom stereocenters. The van der Waals surface area contributed by atoms with E-state index in [2.05, 4.69) is 14.9 Å². The molecular formula is C15H18N4O2. The molecule has 0 spiro atoms. The minimum atomic E-state index is -0.0607. The fourth-order valence-corrected chi connectivity index (χ4v) is 2.65. The Morgan fingerprint density at radius 1 is 1.29 bits per heavy atom. The molecular weight excluding hydrogens is 268 g/mol. The van der Waals surface area contributed by atoms with Crippen LogP contribution in [0.1, 0.15) is 23.4 Å². The summed E-state index contributed by atoms with van der Waals surface area (Å²) in [4.78, 5) is 24.7. The smallest absolute Gasteiger partial charge is 0.289 e. The van der Waals surface area contributed by atoms with Crippen LogP contribution < -0.4 is 4.90 Å². The minimum absolute atomic E-state index is 0.0607. The standard InChI is InChI=1S/C15H18N4O2/c1-18(14(20)13-4-2-11-21-13)12-5-9-19(10-6-12)15-16-7-3-8-17-15/h2-4,7-8,11-12H,5-6,9-10H2,1H3. The monoisotopic (exact) mass is 286 g/mol. The zero-order valence-electron chi connectivity index (χ0n) is 12.0. The van der Waals surface area contributed by atoms with Gasteiger partial charge in [0.15, 0.2) is 5.76 Å². The van der Waals surface area contributed by atoms with Crippen molar-refractivity contribution < 1.29 is 9.21 Å². The summed E-state index contributed by atoms with van der Waals surface area (Å²) in [6, 6.07) is 5.47. The van der Waals surface area contributed by atoms with Gasteiger partial charge in [-0.1, -0.05) is 0 Å². The summed E-state index contributed by atoms with van der Waals surface area (Å²) in [5, 5.41) is 0. The molecule has 0 bridgehead atoms. The van der Waals surface area contributed by atoms with Crippen molar-refractivity contribution in [3.8, 4) is 0 Å². The molecule has 21 heavy (non-hydrogen) atoms. The summed E-state index contributed by atoms with van der Waals surface area (Å²) in [7, 11) is 1.84. The highest BCUT2D eigenvalue weighted by atomic mass is 16.3. The molecule has 1 aliphatic rings. The maximum absolute atomic E-state index is 12.3. The number of rotatable bonds is 3. The van der Waals surface area contributed by atoms with Gasteiger partial charge in [-0.3, -0.25) is 4.79 Å². The summed E-state index contributed by atoms with van der Waals surface area (Å²) in [6.45, 7) is 1.70. The highest BCUT2D eigenvalue weighted by molar-refractivity contribution is 5.91. The molecule has 110 valence electrons. The maximum atomic E-state index is 12.3. The lowest BCUT2D eigenvalue weighted by Gasteiger charge is -2.36.